The Labute approximate surface area is 141 Å². The van der Waals surface area contributed by atoms with Crippen molar-refractivity contribution in [3.8, 4) is 5.75 Å². The molecule has 0 heterocycles. The molecule has 1 aromatic rings. The van der Waals surface area contributed by atoms with Gasteiger partial charge < -0.3 is 15.0 Å². The summed E-state index contributed by atoms with van der Waals surface area (Å²) in [5.41, 5.74) is 1.31. The monoisotopic (exact) mass is 320 g/mol. The van der Waals surface area contributed by atoms with E-state index in [2.05, 4.69) is 38.2 Å². The summed E-state index contributed by atoms with van der Waals surface area (Å²) in [5.74, 6) is 0.791. The highest BCUT2D eigenvalue weighted by Crippen LogP contribution is 2.13. The number of hydrogen-bond donors (Lipinski definition) is 1. The van der Waals surface area contributed by atoms with Crippen molar-refractivity contribution < 1.29 is 9.53 Å². The Morgan fingerprint density at radius 1 is 1.00 bits per heavy atom. The first-order chi connectivity index (χ1) is 11.2. The minimum absolute atomic E-state index is 0.0329. The molecular weight excluding hydrogens is 288 g/mol. The Balaban J connectivity index is 2.37. The number of ether oxygens (including phenoxy) is 1. The third-order valence-electron chi connectivity index (χ3n) is 3.77. The summed E-state index contributed by atoms with van der Waals surface area (Å²) in [7, 11) is 0. The predicted molar refractivity (Wildman–Crippen MR) is 95.9 cm³/mol. The lowest BCUT2D eigenvalue weighted by molar-refractivity contribution is 0.183. The number of rotatable bonds is 11. The third kappa shape index (κ3) is 7.91. The van der Waals surface area contributed by atoms with Crippen molar-refractivity contribution in [2.75, 3.05) is 19.8 Å². The molecule has 2 amide bonds. The van der Waals surface area contributed by atoms with Gasteiger partial charge in [0.2, 0.25) is 0 Å². The normalized spacial score (nSPS) is 10.4. The second-order valence-corrected chi connectivity index (χ2v) is 5.86. The number of benzene rings is 1. The zero-order chi connectivity index (χ0) is 16.9. The Morgan fingerprint density at radius 3 is 2.13 bits per heavy atom. The lowest BCUT2D eigenvalue weighted by atomic mass is 10.1. The van der Waals surface area contributed by atoms with Crippen LogP contribution in [0.3, 0.4) is 0 Å². The number of hydrogen-bond acceptors (Lipinski definition) is 2. The van der Waals surface area contributed by atoms with Gasteiger partial charge in [0.1, 0.15) is 5.75 Å². The molecule has 0 radical (unpaired) electrons. The summed E-state index contributed by atoms with van der Waals surface area (Å²) in [6, 6.07) is 8.05. The van der Waals surface area contributed by atoms with Crippen LogP contribution in [-0.2, 0) is 6.42 Å². The van der Waals surface area contributed by atoms with Crippen LogP contribution < -0.4 is 10.1 Å². The number of amides is 2. The molecule has 1 aromatic carbocycles. The van der Waals surface area contributed by atoms with Crippen molar-refractivity contribution in [3.05, 3.63) is 29.8 Å². The molecule has 0 saturated carbocycles. The number of unbranched alkanes of at least 4 members (excludes halogenated alkanes) is 2. The topological polar surface area (TPSA) is 41.6 Å². The highest BCUT2D eigenvalue weighted by Gasteiger charge is 2.11. The number of carbonyl (C=O) groups excluding carboxylic acids is 1. The van der Waals surface area contributed by atoms with E-state index in [9.17, 15) is 4.79 Å². The molecule has 0 fully saturated rings. The van der Waals surface area contributed by atoms with Crippen LogP contribution in [0.25, 0.3) is 0 Å². The molecule has 130 valence electrons. The van der Waals surface area contributed by atoms with E-state index in [1.165, 1.54) is 5.56 Å². The lowest BCUT2D eigenvalue weighted by Crippen LogP contribution is -2.42. The molecule has 4 nitrogen and oxygen atoms in total. The van der Waals surface area contributed by atoms with E-state index in [-0.39, 0.29) is 12.8 Å². The largest absolute Gasteiger partial charge is 0.473 e. The molecule has 0 aromatic heterocycles. The average Bonchev–Trinajstić information content (AvgIpc) is 2.57. The molecule has 4 heteroatoms. The molecule has 0 aliphatic carbocycles. The van der Waals surface area contributed by atoms with Gasteiger partial charge >= 0.3 is 6.03 Å². The highest BCUT2D eigenvalue weighted by atomic mass is 16.5. The van der Waals surface area contributed by atoms with Crippen LogP contribution in [0.4, 0.5) is 4.79 Å². The number of nitrogens with zero attached hydrogens (tertiary/aromatic N) is 1. The van der Waals surface area contributed by atoms with Gasteiger partial charge in [-0.15, -0.1) is 0 Å². The second kappa shape index (κ2) is 11.8. The van der Waals surface area contributed by atoms with E-state index in [1.54, 1.807) is 0 Å². The van der Waals surface area contributed by atoms with Crippen LogP contribution in [-0.4, -0.2) is 30.8 Å². The van der Waals surface area contributed by atoms with E-state index in [4.69, 9.17) is 4.74 Å². The number of carbonyl (C=O) groups is 1. The van der Waals surface area contributed by atoms with Crippen LogP contribution in [0.2, 0.25) is 0 Å². The average molecular weight is 320 g/mol. The number of aryl methyl sites for hydroxylation is 1. The van der Waals surface area contributed by atoms with Gasteiger partial charge in [-0.1, -0.05) is 52.2 Å². The zero-order valence-corrected chi connectivity index (χ0v) is 14.9. The number of nitrogens with one attached hydrogen (secondary N) is 1. The van der Waals surface area contributed by atoms with Gasteiger partial charge in [-0.3, -0.25) is 0 Å². The summed E-state index contributed by atoms with van der Waals surface area (Å²) < 4.78 is 5.61. The smallest absolute Gasteiger partial charge is 0.320 e. The summed E-state index contributed by atoms with van der Waals surface area (Å²) in [5, 5.41) is 2.85. The van der Waals surface area contributed by atoms with E-state index in [0.717, 1.165) is 57.4 Å². The van der Waals surface area contributed by atoms with Crippen LogP contribution in [0.15, 0.2) is 24.3 Å². The van der Waals surface area contributed by atoms with Crippen molar-refractivity contribution in [2.45, 2.75) is 59.3 Å². The molecule has 0 unspecified atom stereocenters. The van der Waals surface area contributed by atoms with Gasteiger partial charge in [-0.2, -0.15) is 0 Å². The van der Waals surface area contributed by atoms with Gasteiger partial charge in [0.15, 0.2) is 6.73 Å². The minimum atomic E-state index is -0.0329. The maximum absolute atomic E-state index is 12.2. The molecule has 23 heavy (non-hydrogen) atoms. The fraction of sp³-hybridized carbons (Fsp3) is 0.632. The van der Waals surface area contributed by atoms with Crippen molar-refractivity contribution in [2.24, 2.45) is 0 Å². The summed E-state index contributed by atoms with van der Waals surface area (Å²) in [6.45, 7) is 8.29. The summed E-state index contributed by atoms with van der Waals surface area (Å²) in [6.07, 6.45) is 6.49. The van der Waals surface area contributed by atoms with Crippen molar-refractivity contribution in [3.63, 3.8) is 0 Å². The van der Waals surface area contributed by atoms with Gasteiger partial charge in [0.25, 0.3) is 0 Å². The molecule has 1 rings (SSSR count). The van der Waals surface area contributed by atoms with Crippen LogP contribution in [0.1, 0.15) is 58.4 Å². The second-order valence-electron chi connectivity index (χ2n) is 5.86. The Hall–Kier alpha value is -1.71. The molecule has 0 aliphatic heterocycles. The highest BCUT2D eigenvalue weighted by molar-refractivity contribution is 5.73. The lowest BCUT2D eigenvalue weighted by Gasteiger charge is -2.22. The van der Waals surface area contributed by atoms with Gasteiger partial charge in [-0.25, -0.2) is 4.79 Å². The molecule has 0 spiro atoms. The van der Waals surface area contributed by atoms with Crippen LogP contribution in [0.5, 0.6) is 5.75 Å². The summed E-state index contributed by atoms with van der Waals surface area (Å²) in [4.78, 5) is 14.1. The minimum Gasteiger partial charge on any atom is -0.473 e. The maximum Gasteiger partial charge on any atom is 0.320 e. The van der Waals surface area contributed by atoms with Crippen molar-refractivity contribution in [1.82, 2.24) is 10.2 Å². The standard InChI is InChI=1S/C19H32N2O2/c1-4-7-14-21(15-8-5-2)19(22)20-16-23-18-12-10-17(9-6-3)11-13-18/h10-13H,4-9,14-16H2,1-3H3,(H,20,22). The number of urea groups is 1. The zero-order valence-electron chi connectivity index (χ0n) is 14.9. The predicted octanol–water partition coefficient (Wildman–Crippen LogP) is 4.59. The van der Waals surface area contributed by atoms with E-state index in [1.807, 2.05) is 17.0 Å². The Bertz CT molecular complexity index is 424. The Kier molecular flexibility index (Phi) is 9.92. The molecular formula is C19H32N2O2. The van der Waals surface area contributed by atoms with E-state index < -0.39 is 0 Å². The van der Waals surface area contributed by atoms with Crippen LogP contribution >= 0.6 is 0 Å². The maximum atomic E-state index is 12.2. The fourth-order valence-corrected chi connectivity index (χ4v) is 2.35. The van der Waals surface area contributed by atoms with Crippen molar-refractivity contribution in [1.29, 1.82) is 0 Å². The quantitative estimate of drug-likeness (QED) is 0.606. The Morgan fingerprint density at radius 2 is 1.61 bits per heavy atom. The first kappa shape index (κ1) is 19.3. The van der Waals surface area contributed by atoms with Gasteiger partial charge in [0.05, 0.1) is 0 Å². The SMILES string of the molecule is CCCCN(CCCC)C(=O)NCOc1ccc(CCC)cc1. The molecule has 0 bridgehead atoms. The van der Waals surface area contributed by atoms with Crippen LogP contribution in [0, 0.1) is 0 Å². The fourth-order valence-electron chi connectivity index (χ4n) is 2.35. The van der Waals surface area contributed by atoms with Gasteiger partial charge in [-0.05, 0) is 37.0 Å². The first-order valence-corrected chi connectivity index (χ1v) is 8.95. The van der Waals surface area contributed by atoms with E-state index in [0.29, 0.717) is 0 Å². The first-order valence-electron chi connectivity index (χ1n) is 8.95. The molecule has 0 aliphatic rings. The molecule has 0 saturated heterocycles. The van der Waals surface area contributed by atoms with Crippen molar-refractivity contribution >= 4 is 6.03 Å². The van der Waals surface area contributed by atoms with E-state index >= 15 is 0 Å². The summed E-state index contributed by atoms with van der Waals surface area (Å²) >= 11 is 0. The molecule has 0 atom stereocenters. The molecule has 1 N–H and O–H groups in total. The third-order valence-corrected chi connectivity index (χ3v) is 3.77. The van der Waals surface area contributed by atoms with Gasteiger partial charge in [0, 0.05) is 13.1 Å².